The van der Waals surface area contributed by atoms with Gasteiger partial charge in [0.15, 0.2) is 0 Å². The Bertz CT molecular complexity index is 693. The minimum Gasteiger partial charge on any atom is -0.494 e. The van der Waals surface area contributed by atoms with Crippen LogP contribution in [0.2, 0.25) is 0 Å². The summed E-state index contributed by atoms with van der Waals surface area (Å²) in [6, 6.07) is 7.43. The lowest BCUT2D eigenvalue weighted by atomic mass is 10.2. The van der Waals surface area contributed by atoms with Crippen molar-refractivity contribution in [1.29, 1.82) is 0 Å². The molecule has 2 aromatic rings. The number of hydrogen-bond donors (Lipinski definition) is 2. The van der Waals surface area contributed by atoms with Gasteiger partial charge in [0.25, 0.3) is 0 Å². The highest BCUT2D eigenvalue weighted by molar-refractivity contribution is 5.84. The molecule has 1 atom stereocenters. The van der Waals surface area contributed by atoms with Crippen LogP contribution in [0.5, 0.6) is 5.75 Å². The van der Waals surface area contributed by atoms with Gasteiger partial charge in [-0.15, -0.1) is 0 Å². The van der Waals surface area contributed by atoms with Gasteiger partial charge in [-0.1, -0.05) is 24.3 Å². The van der Waals surface area contributed by atoms with E-state index >= 15 is 0 Å². The van der Waals surface area contributed by atoms with Gasteiger partial charge in [0.2, 0.25) is 5.91 Å². The van der Waals surface area contributed by atoms with E-state index in [1.807, 2.05) is 42.6 Å². The quantitative estimate of drug-likeness (QED) is 0.809. The maximum absolute atomic E-state index is 11.9. The summed E-state index contributed by atoms with van der Waals surface area (Å²) in [5.41, 5.74) is 1.80. The molecule has 3 rings (SSSR count). The molecule has 22 heavy (non-hydrogen) atoms. The normalized spacial score (nSPS) is 16.7. The fourth-order valence-corrected chi connectivity index (χ4v) is 2.35. The second kappa shape index (κ2) is 6.44. The van der Waals surface area contributed by atoms with Crippen LogP contribution < -0.4 is 15.4 Å². The van der Waals surface area contributed by atoms with Crippen LogP contribution >= 0.6 is 0 Å². The van der Waals surface area contributed by atoms with Crippen LogP contribution in [0.4, 0.5) is 0 Å². The molecule has 0 fully saturated rings. The van der Waals surface area contributed by atoms with Gasteiger partial charge in [-0.25, -0.2) is 4.68 Å². The molecule has 1 amide bonds. The van der Waals surface area contributed by atoms with Gasteiger partial charge in [0.05, 0.1) is 13.3 Å². The molecule has 0 unspecified atom stereocenters. The molecule has 0 bridgehead atoms. The number of carbonyl (C=O) groups excluding carboxylic acids is 1. The minimum atomic E-state index is -0.232. The van der Waals surface area contributed by atoms with Crippen molar-refractivity contribution in [3.05, 3.63) is 54.4 Å². The van der Waals surface area contributed by atoms with Crippen LogP contribution in [-0.2, 0) is 11.3 Å². The van der Waals surface area contributed by atoms with Gasteiger partial charge < -0.3 is 10.1 Å². The maximum Gasteiger partial charge on any atom is 0.241 e. The van der Waals surface area contributed by atoms with Crippen LogP contribution in [0.25, 0.3) is 5.69 Å². The Morgan fingerprint density at radius 2 is 2.36 bits per heavy atom. The third kappa shape index (κ3) is 3.01. The van der Waals surface area contributed by atoms with Gasteiger partial charge in [-0.05, 0) is 12.1 Å². The van der Waals surface area contributed by atoms with Gasteiger partial charge in [0.1, 0.15) is 17.5 Å². The molecule has 114 valence electrons. The van der Waals surface area contributed by atoms with Crippen molar-refractivity contribution in [3.8, 4) is 11.4 Å². The van der Waals surface area contributed by atoms with E-state index in [0.29, 0.717) is 6.54 Å². The topological polar surface area (TPSA) is 68.2 Å². The van der Waals surface area contributed by atoms with E-state index in [0.717, 1.165) is 23.5 Å². The van der Waals surface area contributed by atoms with Crippen molar-refractivity contribution in [3.63, 3.8) is 0 Å². The van der Waals surface area contributed by atoms with Crippen LogP contribution in [0.1, 0.15) is 5.56 Å². The minimum absolute atomic E-state index is 0.0289. The molecule has 0 saturated carbocycles. The monoisotopic (exact) mass is 298 g/mol. The Kier molecular flexibility index (Phi) is 4.20. The molecule has 0 saturated heterocycles. The fourth-order valence-electron chi connectivity index (χ4n) is 2.35. The van der Waals surface area contributed by atoms with E-state index in [1.54, 1.807) is 18.0 Å². The number of aromatic nitrogens is 2. The predicted octanol–water partition coefficient (Wildman–Crippen LogP) is 1.03. The summed E-state index contributed by atoms with van der Waals surface area (Å²) < 4.78 is 7.07. The summed E-state index contributed by atoms with van der Waals surface area (Å²) in [7, 11) is 1.63. The van der Waals surface area contributed by atoms with Gasteiger partial charge in [-0.2, -0.15) is 5.10 Å². The molecular formula is C16H18N4O2. The standard InChI is InChI=1S/C16H18N4O2/c1-22-15-7-3-2-6-14(15)20-11-12(10-19-20)9-18-16(21)13-5-4-8-17-13/h2-7,10-11,13,17H,8-9H2,1H3,(H,18,21)/t13-/m1/s1. The SMILES string of the molecule is COc1ccccc1-n1cc(CNC(=O)[C@H]2C=CCN2)cn1. The van der Waals surface area contributed by atoms with E-state index in [1.165, 1.54) is 0 Å². The Morgan fingerprint density at radius 1 is 1.50 bits per heavy atom. The zero-order chi connectivity index (χ0) is 15.4. The first kappa shape index (κ1) is 14.3. The number of para-hydroxylation sites is 2. The molecule has 2 N–H and O–H groups in total. The van der Waals surface area contributed by atoms with Crippen molar-refractivity contribution >= 4 is 5.91 Å². The summed E-state index contributed by atoms with van der Waals surface area (Å²) >= 11 is 0. The van der Waals surface area contributed by atoms with Crippen molar-refractivity contribution in [2.24, 2.45) is 0 Å². The summed E-state index contributed by atoms with van der Waals surface area (Å²) in [5, 5.41) is 10.3. The molecule has 0 spiro atoms. The number of carbonyl (C=O) groups is 1. The number of nitrogens with zero attached hydrogens (tertiary/aromatic N) is 2. The van der Waals surface area contributed by atoms with Crippen molar-refractivity contribution in [1.82, 2.24) is 20.4 Å². The molecule has 1 aromatic carbocycles. The van der Waals surface area contributed by atoms with E-state index in [4.69, 9.17) is 4.74 Å². The lowest BCUT2D eigenvalue weighted by molar-refractivity contribution is -0.122. The largest absolute Gasteiger partial charge is 0.494 e. The molecule has 1 aliphatic rings. The first-order valence-corrected chi connectivity index (χ1v) is 7.12. The Balaban J connectivity index is 1.66. The molecule has 2 heterocycles. The smallest absolute Gasteiger partial charge is 0.241 e. The molecule has 1 aliphatic heterocycles. The predicted molar refractivity (Wildman–Crippen MR) is 82.9 cm³/mol. The number of benzene rings is 1. The zero-order valence-electron chi connectivity index (χ0n) is 12.3. The molecule has 6 nitrogen and oxygen atoms in total. The van der Waals surface area contributed by atoms with Gasteiger partial charge in [-0.3, -0.25) is 10.1 Å². The molecule has 1 aromatic heterocycles. The first-order valence-electron chi connectivity index (χ1n) is 7.12. The Labute approximate surface area is 128 Å². The zero-order valence-corrected chi connectivity index (χ0v) is 12.3. The number of ether oxygens (including phenoxy) is 1. The summed E-state index contributed by atoms with van der Waals surface area (Å²) in [6.45, 7) is 1.18. The highest BCUT2D eigenvalue weighted by Gasteiger charge is 2.17. The Hall–Kier alpha value is -2.60. The van der Waals surface area contributed by atoms with Gasteiger partial charge >= 0.3 is 0 Å². The third-order valence-corrected chi connectivity index (χ3v) is 3.50. The van der Waals surface area contributed by atoms with Gasteiger partial charge in [0, 0.05) is 24.8 Å². The van der Waals surface area contributed by atoms with Crippen LogP contribution in [0.3, 0.4) is 0 Å². The average Bonchev–Trinajstić information content (AvgIpc) is 3.24. The highest BCUT2D eigenvalue weighted by atomic mass is 16.5. The van der Waals surface area contributed by atoms with Crippen LogP contribution in [-0.4, -0.2) is 35.4 Å². The van der Waals surface area contributed by atoms with E-state index < -0.39 is 0 Å². The third-order valence-electron chi connectivity index (χ3n) is 3.50. The van der Waals surface area contributed by atoms with Crippen molar-refractivity contribution in [2.45, 2.75) is 12.6 Å². The van der Waals surface area contributed by atoms with Crippen molar-refractivity contribution < 1.29 is 9.53 Å². The Morgan fingerprint density at radius 3 is 3.14 bits per heavy atom. The number of rotatable bonds is 5. The molecular weight excluding hydrogens is 280 g/mol. The lowest BCUT2D eigenvalue weighted by Gasteiger charge is -2.09. The van der Waals surface area contributed by atoms with E-state index in [2.05, 4.69) is 15.7 Å². The maximum atomic E-state index is 11.9. The molecule has 0 radical (unpaired) electrons. The first-order chi connectivity index (χ1) is 10.8. The highest BCUT2D eigenvalue weighted by Crippen LogP contribution is 2.21. The summed E-state index contributed by atoms with van der Waals surface area (Å²) in [4.78, 5) is 11.9. The molecule has 6 heteroatoms. The van der Waals surface area contributed by atoms with Crippen LogP contribution in [0, 0.1) is 0 Å². The number of methoxy groups -OCH3 is 1. The number of hydrogen-bond acceptors (Lipinski definition) is 4. The number of nitrogens with one attached hydrogen (secondary N) is 2. The number of amides is 1. The average molecular weight is 298 g/mol. The van der Waals surface area contributed by atoms with Crippen LogP contribution in [0.15, 0.2) is 48.8 Å². The molecule has 0 aliphatic carbocycles. The second-order valence-electron chi connectivity index (χ2n) is 5.00. The summed E-state index contributed by atoms with van der Waals surface area (Å²) in [5.74, 6) is 0.722. The second-order valence-corrected chi connectivity index (χ2v) is 5.00. The lowest BCUT2D eigenvalue weighted by Crippen LogP contribution is -2.40. The summed E-state index contributed by atoms with van der Waals surface area (Å²) in [6.07, 6.45) is 7.44. The fraction of sp³-hybridized carbons (Fsp3) is 0.250. The van der Waals surface area contributed by atoms with Crippen molar-refractivity contribution in [2.75, 3.05) is 13.7 Å². The van der Waals surface area contributed by atoms with E-state index in [-0.39, 0.29) is 11.9 Å². The van der Waals surface area contributed by atoms with E-state index in [9.17, 15) is 4.79 Å².